The van der Waals surface area contributed by atoms with Crippen molar-refractivity contribution in [3.63, 3.8) is 0 Å². The number of fused-ring (bicyclic) bond motifs is 1. The van der Waals surface area contributed by atoms with E-state index in [1.807, 2.05) is 42.5 Å². The molecule has 4 rings (SSSR count). The number of nitrogens with zero attached hydrogens (tertiary/aromatic N) is 3. The zero-order valence-corrected chi connectivity index (χ0v) is 13.8. The molecule has 3 heterocycles. The summed E-state index contributed by atoms with van der Waals surface area (Å²) in [5.74, 6) is 0.801. The maximum absolute atomic E-state index is 12.2. The highest BCUT2D eigenvalue weighted by molar-refractivity contribution is 6.03. The highest BCUT2D eigenvalue weighted by Crippen LogP contribution is 2.42. The van der Waals surface area contributed by atoms with E-state index in [-0.39, 0.29) is 5.91 Å². The number of ether oxygens (including phenoxy) is 1. The van der Waals surface area contributed by atoms with Gasteiger partial charge in [-0.1, -0.05) is 12.1 Å². The Labute approximate surface area is 145 Å². The van der Waals surface area contributed by atoms with E-state index in [1.54, 1.807) is 30.5 Å². The number of carbonyl (C=O) groups excluding carboxylic acids is 1. The average Bonchev–Trinajstić information content (AvgIpc) is 2.96. The minimum Gasteiger partial charge on any atom is -0.486 e. The maximum Gasteiger partial charge on any atom is 0.231 e. The van der Waals surface area contributed by atoms with E-state index in [2.05, 4.69) is 9.97 Å². The van der Waals surface area contributed by atoms with Crippen LogP contribution >= 0.6 is 0 Å². The molecule has 1 aliphatic heterocycles. The number of aromatic nitrogens is 2. The summed E-state index contributed by atoms with van der Waals surface area (Å²) in [7, 11) is 1.79. The Morgan fingerprint density at radius 3 is 2.80 bits per heavy atom. The van der Waals surface area contributed by atoms with Gasteiger partial charge in [0, 0.05) is 42.3 Å². The van der Waals surface area contributed by atoms with Crippen LogP contribution in [0.5, 0.6) is 5.75 Å². The molecule has 2 aromatic heterocycles. The van der Waals surface area contributed by atoms with Gasteiger partial charge in [-0.2, -0.15) is 0 Å². The summed E-state index contributed by atoms with van der Waals surface area (Å²) < 4.78 is 6.15. The second-order valence-electron chi connectivity index (χ2n) is 5.92. The number of hydrogen-bond acceptors (Lipinski definition) is 4. The monoisotopic (exact) mass is 331 g/mol. The molecule has 1 amide bonds. The molecule has 0 aliphatic carbocycles. The van der Waals surface area contributed by atoms with Gasteiger partial charge < -0.3 is 9.64 Å². The van der Waals surface area contributed by atoms with Crippen LogP contribution in [0.4, 0.5) is 5.69 Å². The Balaban J connectivity index is 1.77. The van der Waals surface area contributed by atoms with Crippen LogP contribution in [0.25, 0.3) is 11.1 Å². The molecule has 0 saturated heterocycles. The van der Waals surface area contributed by atoms with Gasteiger partial charge in [0.1, 0.15) is 12.4 Å². The fraction of sp³-hybridized carbons (Fsp3) is 0.150. The number of rotatable bonds is 4. The van der Waals surface area contributed by atoms with Crippen molar-refractivity contribution >= 4 is 11.6 Å². The first-order valence-electron chi connectivity index (χ1n) is 8.09. The van der Waals surface area contributed by atoms with Gasteiger partial charge in [-0.3, -0.25) is 14.8 Å². The van der Waals surface area contributed by atoms with Crippen LogP contribution in [0.15, 0.2) is 61.1 Å². The molecule has 0 atom stereocenters. The van der Waals surface area contributed by atoms with Crippen LogP contribution in [0.3, 0.4) is 0 Å². The number of likely N-dealkylation sites (N-methyl/N-ethyl adjacent to an activating group) is 1. The first-order valence-corrected chi connectivity index (χ1v) is 8.09. The van der Waals surface area contributed by atoms with Crippen molar-refractivity contribution in [2.24, 2.45) is 0 Å². The lowest BCUT2D eigenvalue weighted by atomic mass is 10.0. The number of amides is 1. The Morgan fingerprint density at radius 1 is 1.12 bits per heavy atom. The van der Waals surface area contributed by atoms with Crippen molar-refractivity contribution in [3.05, 3.63) is 72.3 Å². The molecule has 0 spiro atoms. The van der Waals surface area contributed by atoms with E-state index < -0.39 is 0 Å². The van der Waals surface area contributed by atoms with Gasteiger partial charge in [0.2, 0.25) is 5.91 Å². The second kappa shape index (κ2) is 6.36. The maximum atomic E-state index is 12.2. The molecule has 0 unspecified atom stereocenters. The minimum absolute atomic E-state index is 0.0704. The summed E-state index contributed by atoms with van der Waals surface area (Å²) in [6.07, 6.45) is 5.63. The van der Waals surface area contributed by atoms with Crippen LogP contribution in [0.1, 0.15) is 11.3 Å². The molecule has 0 radical (unpaired) electrons. The summed E-state index contributed by atoms with van der Waals surface area (Å²) in [4.78, 5) is 22.3. The van der Waals surface area contributed by atoms with Crippen molar-refractivity contribution in [1.82, 2.24) is 9.97 Å². The van der Waals surface area contributed by atoms with Crippen LogP contribution in [0.2, 0.25) is 0 Å². The molecule has 0 saturated carbocycles. The Morgan fingerprint density at radius 2 is 2.04 bits per heavy atom. The summed E-state index contributed by atoms with van der Waals surface area (Å²) in [5, 5.41) is 0. The van der Waals surface area contributed by atoms with Crippen LogP contribution in [-0.4, -0.2) is 22.9 Å². The fourth-order valence-corrected chi connectivity index (χ4v) is 3.05. The molecule has 1 aromatic carbocycles. The molecular formula is C20H17N3O2. The topological polar surface area (TPSA) is 55.3 Å². The first-order chi connectivity index (χ1) is 12.2. The van der Waals surface area contributed by atoms with E-state index in [4.69, 9.17) is 4.74 Å². The molecule has 0 bridgehead atoms. The molecule has 25 heavy (non-hydrogen) atoms. The summed E-state index contributed by atoms with van der Waals surface area (Å²) in [5.41, 5.74) is 4.56. The lowest BCUT2D eigenvalue weighted by molar-refractivity contribution is -0.117. The average molecular weight is 331 g/mol. The van der Waals surface area contributed by atoms with Crippen molar-refractivity contribution in [1.29, 1.82) is 0 Å². The van der Waals surface area contributed by atoms with Crippen LogP contribution < -0.4 is 9.64 Å². The molecule has 0 fully saturated rings. The van der Waals surface area contributed by atoms with Crippen molar-refractivity contribution in [2.45, 2.75) is 13.0 Å². The lowest BCUT2D eigenvalue weighted by Crippen LogP contribution is -2.20. The third kappa shape index (κ3) is 2.85. The normalized spacial score (nSPS) is 13.0. The zero-order chi connectivity index (χ0) is 17.2. The molecule has 5 heteroatoms. The van der Waals surface area contributed by atoms with Gasteiger partial charge in [0.05, 0.1) is 17.8 Å². The Bertz CT molecular complexity index is 911. The van der Waals surface area contributed by atoms with E-state index in [0.29, 0.717) is 13.0 Å². The lowest BCUT2D eigenvalue weighted by Gasteiger charge is -2.17. The van der Waals surface area contributed by atoms with Gasteiger partial charge in [0.15, 0.2) is 0 Å². The van der Waals surface area contributed by atoms with Crippen molar-refractivity contribution in [3.8, 4) is 16.9 Å². The van der Waals surface area contributed by atoms with Gasteiger partial charge in [-0.05, 0) is 30.3 Å². The standard InChI is InChI=1S/C20H17N3O2/c1-23-18-8-7-16(14-5-4-9-21-12-14)20(17(18)11-19(23)24)25-13-15-6-2-3-10-22-15/h2-10,12H,11,13H2,1H3. The van der Waals surface area contributed by atoms with E-state index in [9.17, 15) is 4.79 Å². The molecule has 5 nitrogen and oxygen atoms in total. The molecule has 1 aliphatic rings. The number of pyridine rings is 2. The second-order valence-corrected chi connectivity index (χ2v) is 5.92. The van der Waals surface area contributed by atoms with Gasteiger partial charge in [0.25, 0.3) is 0 Å². The largest absolute Gasteiger partial charge is 0.486 e. The molecular weight excluding hydrogens is 314 g/mol. The van der Waals surface area contributed by atoms with Gasteiger partial charge >= 0.3 is 0 Å². The van der Waals surface area contributed by atoms with Gasteiger partial charge in [-0.25, -0.2) is 0 Å². The highest BCUT2D eigenvalue weighted by atomic mass is 16.5. The number of hydrogen-bond donors (Lipinski definition) is 0. The molecule has 3 aromatic rings. The Hall–Kier alpha value is -3.21. The highest BCUT2D eigenvalue weighted by Gasteiger charge is 2.29. The van der Waals surface area contributed by atoms with E-state index in [0.717, 1.165) is 33.8 Å². The van der Waals surface area contributed by atoms with Crippen molar-refractivity contribution in [2.75, 3.05) is 11.9 Å². The van der Waals surface area contributed by atoms with Crippen molar-refractivity contribution < 1.29 is 9.53 Å². The SMILES string of the molecule is CN1C(=O)Cc2c1ccc(-c1cccnc1)c2OCc1ccccn1. The van der Waals surface area contributed by atoms with Crippen LogP contribution in [-0.2, 0) is 17.8 Å². The number of anilines is 1. The number of benzene rings is 1. The first kappa shape index (κ1) is 15.3. The minimum atomic E-state index is 0.0704. The predicted molar refractivity (Wildman–Crippen MR) is 95.4 cm³/mol. The van der Waals surface area contributed by atoms with Gasteiger partial charge in [-0.15, -0.1) is 0 Å². The van der Waals surface area contributed by atoms with E-state index in [1.165, 1.54) is 0 Å². The number of carbonyl (C=O) groups is 1. The molecule has 0 N–H and O–H groups in total. The predicted octanol–water partition coefficient (Wildman–Crippen LogP) is 3.24. The summed E-state index contributed by atoms with van der Waals surface area (Å²) in [6, 6.07) is 13.6. The third-order valence-electron chi connectivity index (χ3n) is 4.36. The Kier molecular flexibility index (Phi) is 3.90. The fourth-order valence-electron chi connectivity index (χ4n) is 3.05. The summed E-state index contributed by atoms with van der Waals surface area (Å²) >= 11 is 0. The van der Waals surface area contributed by atoms with Crippen LogP contribution in [0, 0.1) is 0 Å². The summed E-state index contributed by atoms with van der Waals surface area (Å²) in [6.45, 7) is 0.350. The zero-order valence-electron chi connectivity index (χ0n) is 13.8. The van der Waals surface area contributed by atoms with E-state index >= 15 is 0 Å². The molecule has 124 valence electrons. The third-order valence-corrected chi connectivity index (χ3v) is 4.36. The quantitative estimate of drug-likeness (QED) is 0.736. The smallest absolute Gasteiger partial charge is 0.231 e.